The highest BCUT2D eigenvalue weighted by Gasteiger charge is 2.09. The highest BCUT2D eigenvalue weighted by Crippen LogP contribution is 2.17. The fraction of sp³-hybridized carbons (Fsp3) is 0.364. The van der Waals surface area contributed by atoms with E-state index in [-0.39, 0.29) is 24.7 Å². The fourth-order valence-corrected chi connectivity index (χ4v) is 2.19. The van der Waals surface area contributed by atoms with Crippen LogP contribution in [0, 0.1) is 0 Å². The van der Waals surface area contributed by atoms with Gasteiger partial charge < -0.3 is 15.2 Å². The lowest BCUT2D eigenvalue weighted by Gasteiger charge is -2.10. The predicted octanol–water partition coefficient (Wildman–Crippen LogP) is 0.244. The largest absolute Gasteiger partial charge is 0.486 e. The number of nitrogens with two attached hydrogens (primary N) is 1. The molecule has 20 heavy (non-hydrogen) atoms. The topological polar surface area (TPSA) is 103 Å². The molecule has 0 amide bonds. The van der Waals surface area contributed by atoms with Gasteiger partial charge in [0.1, 0.15) is 17.3 Å². The van der Waals surface area contributed by atoms with Crippen LogP contribution in [0.4, 0.5) is 5.69 Å². The Bertz CT molecular complexity index is 548. The van der Waals surface area contributed by atoms with E-state index in [0.29, 0.717) is 11.4 Å². The van der Waals surface area contributed by atoms with Crippen LogP contribution in [-0.2, 0) is 14.9 Å². The molecular formula is C11H17N3O4S2. The monoisotopic (exact) mass is 319 g/mol. The molecule has 112 valence electrons. The third-order valence-electron chi connectivity index (χ3n) is 2.07. The second-order valence-corrected chi connectivity index (χ2v) is 5.80. The van der Waals surface area contributed by atoms with Gasteiger partial charge in [-0.25, -0.2) is 0 Å². The average molecular weight is 319 g/mol. The third kappa shape index (κ3) is 6.66. The maximum absolute atomic E-state index is 11.7. The van der Waals surface area contributed by atoms with Crippen molar-refractivity contribution in [3.63, 3.8) is 0 Å². The molecule has 0 fully saturated rings. The van der Waals surface area contributed by atoms with Gasteiger partial charge in [0, 0.05) is 19.7 Å². The number of nitrogens with one attached hydrogen (secondary N) is 2. The molecule has 4 N–H and O–H groups in total. The lowest BCUT2D eigenvalue weighted by atomic mass is 10.3. The van der Waals surface area contributed by atoms with E-state index < -0.39 is 10.2 Å². The summed E-state index contributed by atoms with van der Waals surface area (Å²) in [4.78, 5) is 0.220. The second kappa shape index (κ2) is 8.00. The first-order valence-electron chi connectivity index (χ1n) is 5.70. The Morgan fingerprint density at radius 1 is 1.45 bits per heavy atom. The molecule has 7 nitrogen and oxygen atoms in total. The van der Waals surface area contributed by atoms with Gasteiger partial charge in [-0.3, -0.25) is 4.72 Å². The SMILES string of the molecule is COCCNS(=O)(=O)Nc1cccc(OCC(N)=S)c1. The predicted molar refractivity (Wildman–Crippen MR) is 81.1 cm³/mol. The van der Waals surface area contributed by atoms with E-state index in [2.05, 4.69) is 9.44 Å². The number of hydrogen-bond acceptors (Lipinski definition) is 5. The van der Waals surface area contributed by atoms with Gasteiger partial charge in [0.25, 0.3) is 10.2 Å². The highest BCUT2D eigenvalue weighted by molar-refractivity contribution is 7.90. The Morgan fingerprint density at radius 3 is 2.85 bits per heavy atom. The second-order valence-electron chi connectivity index (χ2n) is 3.78. The van der Waals surface area contributed by atoms with Crippen LogP contribution >= 0.6 is 12.2 Å². The first-order chi connectivity index (χ1) is 9.43. The summed E-state index contributed by atoms with van der Waals surface area (Å²) in [5.41, 5.74) is 5.69. The lowest BCUT2D eigenvalue weighted by Crippen LogP contribution is -2.32. The minimum Gasteiger partial charge on any atom is -0.486 e. The maximum atomic E-state index is 11.7. The van der Waals surface area contributed by atoms with E-state index in [1.54, 1.807) is 18.2 Å². The van der Waals surface area contributed by atoms with Crippen LogP contribution < -0.4 is 19.9 Å². The number of anilines is 1. The van der Waals surface area contributed by atoms with Crippen LogP contribution in [0.2, 0.25) is 0 Å². The number of methoxy groups -OCH3 is 1. The van der Waals surface area contributed by atoms with Crippen molar-refractivity contribution in [3.8, 4) is 5.75 Å². The molecule has 1 aromatic carbocycles. The van der Waals surface area contributed by atoms with E-state index >= 15 is 0 Å². The van der Waals surface area contributed by atoms with Crippen molar-refractivity contribution in [1.29, 1.82) is 0 Å². The number of thiocarbonyl (C=S) groups is 1. The van der Waals surface area contributed by atoms with E-state index in [4.69, 9.17) is 27.4 Å². The van der Waals surface area contributed by atoms with Crippen molar-refractivity contribution in [1.82, 2.24) is 4.72 Å². The van der Waals surface area contributed by atoms with Crippen molar-refractivity contribution in [2.45, 2.75) is 0 Å². The maximum Gasteiger partial charge on any atom is 0.299 e. The van der Waals surface area contributed by atoms with Crippen molar-refractivity contribution in [2.24, 2.45) is 5.73 Å². The number of rotatable bonds is 9. The number of benzene rings is 1. The Balaban J connectivity index is 2.63. The number of hydrogen-bond donors (Lipinski definition) is 3. The molecule has 0 spiro atoms. The molecule has 0 heterocycles. The lowest BCUT2D eigenvalue weighted by molar-refractivity contribution is 0.204. The molecule has 0 saturated heterocycles. The minimum atomic E-state index is -3.64. The molecule has 0 aromatic heterocycles. The van der Waals surface area contributed by atoms with Gasteiger partial charge in [-0.1, -0.05) is 18.3 Å². The highest BCUT2D eigenvalue weighted by atomic mass is 32.2. The fourth-order valence-electron chi connectivity index (χ4n) is 1.27. The molecular weight excluding hydrogens is 302 g/mol. The molecule has 0 atom stereocenters. The molecule has 9 heteroatoms. The van der Waals surface area contributed by atoms with Crippen molar-refractivity contribution < 1.29 is 17.9 Å². The Morgan fingerprint density at radius 2 is 2.20 bits per heavy atom. The Hall–Kier alpha value is -1.42. The van der Waals surface area contributed by atoms with Crippen LogP contribution in [0.5, 0.6) is 5.75 Å². The van der Waals surface area contributed by atoms with Gasteiger partial charge in [0.15, 0.2) is 0 Å². The molecule has 1 rings (SSSR count). The quantitative estimate of drug-likeness (QED) is 0.445. The van der Waals surface area contributed by atoms with Crippen LogP contribution in [0.15, 0.2) is 24.3 Å². The smallest absolute Gasteiger partial charge is 0.299 e. The first kappa shape index (κ1) is 16.6. The van der Waals surface area contributed by atoms with Crippen LogP contribution in [0.25, 0.3) is 0 Å². The standard InChI is InChI=1S/C11H17N3O4S2/c1-17-6-5-13-20(15,16)14-9-3-2-4-10(7-9)18-8-11(12)19/h2-4,7,13-14H,5-6,8H2,1H3,(H2,12,19). The molecule has 0 bridgehead atoms. The summed E-state index contributed by atoms with van der Waals surface area (Å²) in [6, 6.07) is 6.47. The number of ether oxygens (including phenoxy) is 2. The van der Waals surface area contributed by atoms with Crippen LogP contribution in [0.3, 0.4) is 0 Å². The summed E-state index contributed by atoms with van der Waals surface area (Å²) in [6.45, 7) is 0.569. The molecule has 0 saturated carbocycles. The zero-order valence-electron chi connectivity index (χ0n) is 11.0. The Kier molecular flexibility index (Phi) is 6.65. The summed E-state index contributed by atoms with van der Waals surface area (Å²) in [5, 5.41) is 0. The molecule has 0 radical (unpaired) electrons. The molecule has 0 aliphatic rings. The van der Waals surface area contributed by atoms with Gasteiger partial charge in [-0.15, -0.1) is 0 Å². The van der Waals surface area contributed by atoms with Gasteiger partial charge in [-0.05, 0) is 12.1 Å². The molecule has 0 unspecified atom stereocenters. The zero-order valence-corrected chi connectivity index (χ0v) is 12.6. The van der Waals surface area contributed by atoms with E-state index in [1.807, 2.05) is 0 Å². The van der Waals surface area contributed by atoms with E-state index in [0.717, 1.165) is 0 Å². The summed E-state index contributed by atoms with van der Waals surface area (Å²) >= 11 is 4.69. The molecule has 1 aromatic rings. The summed E-state index contributed by atoms with van der Waals surface area (Å²) in [7, 11) is -2.15. The summed E-state index contributed by atoms with van der Waals surface area (Å²) < 4.78 is 38.1. The minimum absolute atomic E-state index is 0.0949. The van der Waals surface area contributed by atoms with Gasteiger partial charge in [0.05, 0.1) is 12.3 Å². The average Bonchev–Trinajstić information content (AvgIpc) is 2.36. The molecule has 0 aliphatic heterocycles. The van der Waals surface area contributed by atoms with Gasteiger partial charge in [0.2, 0.25) is 0 Å². The Labute approximate surface area is 123 Å². The van der Waals surface area contributed by atoms with Crippen molar-refractivity contribution >= 4 is 33.1 Å². The summed E-state index contributed by atoms with van der Waals surface area (Å²) in [5.74, 6) is 0.467. The summed E-state index contributed by atoms with van der Waals surface area (Å²) in [6.07, 6.45) is 0. The molecule has 0 aliphatic carbocycles. The zero-order chi connectivity index (χ0) is 15.0. The van der Waals surface area contributed by atoms with Crippen molar-refractivity contribution in [3.05, 3.63) is 24.3 Å². The van der Waals surface area contributed by atoms with Gasteiger partial charge >= 0.3 is 0 Å². The normalized spacial score (nSPS) is 11.1. The van der Waals surface area contributed by atoms with Gasteiger partial charge in [-0.2, -0.15) is 13.1 Å². The third-order valence-corrected chi connectivity index (χ3v) is 3.27. The van der Waals surface area contributed by atoms with Crippen molar-refractivity contribution in [2.75, 3.05) is 31.6 Å². The first-order valence-corrected chi connectivity index (χ1v) is 7.59. The van der Waals surface area contributed by atoms with Crippen LogP contribution in [-0.4, -0.2) is 40.3 Å². The van der Waals surface area contributed by atoms with E-state index in [9.17, 15) is 8.42 Å². The van der Waals surface area contributed by atoms with Crippen LogP contribution in [0.1, 0.15) is 0 Å². The van der Waals surface area contributed by atoms with E-state index in [1.165, 1.54) is 13.2 Å².